The van der Waals surface area contributed by atoms with Crippen molar-refractivity contribution >= 4 is 22.3 Å². The topological polar surface area (TPSA) is 46.7 Å². The molecule has 0 saturated carbocycles. The third kappa shape index (κ3) is 2.81. The molecular formula is C20H24N4O. The van der Waals surface area contributed by atoms with E-state index in [4.69, 9.17) is 10.5 Å². The van der Waals surface area contributed by atoms with E-state index in [0.717, 1.165) is 54.5 Å². The summed E-state index contributed by atoms with van der Waals surface area (Å²) in [7, 11) is 3.87. The van der Waals surface area contributed by atoms with E-state index in [0.29, 0.717) is 0 Å². The van der Waals surface area contributed by atoms with Crippen LogP contribution in [0.1, 0.15) is 0 Å². The van der Waals surface area contributed by atoms with E-state index in [1.165, 1.54) is 5.39 Å². The van der Waals surface area contributed by atoms with Gasteiger partial charge in [-0.05, 0) is 30.6 Å². The molecule has 5 nitrogen and oxygen atoms in total. The number of nitrogens with two attached hydrogens (primary N) is 1. The number of hydrogen-bond acceptors (Lipinski definition) is 4. The van der Waals surface area contributed by atoms with Gasteiger partial charge < -0.3 is 24.8 Å². The highest BCUT2D eigenvalue weighted by atomic mass is 16.5. The highest BCUT2D eigenvalue weighted by molar-refractivity contribution is 5.84. The second kappa shape index (κ2) is 6.33. The van der Waals surface area contributed by atoms with E-state index in [2.05, 4.69) is 57.9 Å². The molecule has 1 fully saturated rings. The molecule has 0 amide bonds. The zero-order valence-electron chi connectivity index (χ0n) is 14.8. The van der Waals surface area contributed by atoms with Gasteiger partial charge in [0.2, 0.25) is 0 Å². The number of rotatable bonds is 3. The average molecular weight is 336 g/mol. The fourth-order valence-corrected chi connectivity index (χ4v) is 3.54. The molecule has 5 heteroatoms. The van der Waals surface area contributed by atoms with Crippen molar-refractivity contribution in [3.8, 4) is 11.4 Å². The SMILES string of the molecule is COc1cc(N2CCN(C)CC2)c(N)cc1-n1ccc2ccccc21. The molecular weight excluding hydrogens is 312 g/mol. The Balaban J connectivity index is 1.78. The zero-order valence-corrected chi connectivity index (χ0v) is 14.8. The number of benzene rings is 2. The van der Waals surface area contributed by atoms with Gasteiger partial charge >= 0.3 is 0 Å². The fraction of sp³-hybridized carbons (Fsp3) is 0.300. The van der Waals surface area contributed by atoms with Gasteiger partial charge in [0.15, 0.2) is 0 Å². The number of likely N-dealkylation sites (N-methyl/N-ethyl adjacent to an activating group) is 1. The Hall–Kier alpha value is -2.66. The second-order valence-electron chi connectivity index (χ2n) is 6.62. The maximum atomic E-state index is 6.44. The Labute approximate surface area is 148 Å². The lowest BCUT2D eigenvalue weighted by Gasteiger charge is -2.35. The quantitative estimate of drug-likeness (QED) is 0.747. The molecule has 0 bridgehead atoms. The van der Waals surface area contributed by atoms with Crippen molar-refractivity contribution in [2.45, 2.75) is 0 Å². The number of methoxy groups -OCH3 is 1. The van der Waals surface area contributed by atoms with Crippen LogP contribution in [0.25, 0.3) is 16.6 Å². The van der Waals surface area contributed by atoms with Crippen LogP contribution >= 0.6 is 0 Å². The lowest BCUT2D eigenvalue weighted by Crippen LogP contribution is -2.44. The van der Waals surface area contributed by atoms with E-state index in [1.807, 2.05) is 12.1 Å². The molecule has 2 aromatic carbocycles. The van der Waals surface area contributed by atoms with Gasteiger partial charge in [0, 0.05) is 38.4 Å². The summed E-state index contributed by atoms with van der Waals surface area (Å²) in [5.74, 6) is 0.837. The average Bonchev–Trinajstić information content (AvgIpc) is 3.06. The first-order valence-electron chi connectivity index (χ1n) is 8.65. The normalized spacial score (nSPS) is 15.7. The van der Waals surface area contributed by atoms with Gasteiger partial charge in [-0.1, -0.05) is 18.2 Å². The Morgan fingerprint density at radius 2 is 1.72 bits per heavy atom. The van der Waals surface area contributed by atoms with Gasteiger partial charge in [-0.2, -0.15) is 0 Å². The van der Waals surface area contributed by atoms with E-state index >= 15 is 0 Å². The summed E-state index contributed by atoms with van der Waals surface area (Å²) < 4.78 is 7.85. The molecule has 1 aromatic heterocycles. The monoisotopic (exact) mass is 336 g/mol. The van der Waals surface area contributed by atoms with Crippen LogP contribution in [-0.2, 0) is 0 Å². The van der Waals surface area contributed by atoms with Crippen molar-refractivity contribution in [3.63, 3.8) is 0 Å². The predicted octanol–water partition coefficient (Wildman–Crippen LogP) is 2.97. The number of piperazine rings is 1. The lowest BCUT2D eigenvalue weighted by atomic mass is 10.1. The van der Waals surface area contributed by atoms with Crippen molar-refractivity contribution in [1.29, 1.82) is 0 Å². The molecule has 1 saturated heterocycles. The predicted molar refractivity (Wildman–Crippen MR) is 104 cm³/mol. The highest BCUT2D eigenvalue weighted by Gasteiger charge is 2.19. The third-order valence-corrected chi connectivity index (χ3v) is 5.03. The van der Waals surface area contributed by atoms with Crippen LogP contribution in [0.2, 0.25) is 0 Å². The number of nitrogen functional groups attached to an aromatic ring is 1. The number of anilines is 2. The van der Waals surface area contributed by atoms with Crippen molar-refractivity contribution < 1.29 is 4.74 Å². The number of fused-ring (bicyclic) bond motifs is 1. The van der Waals surface area contributed by atoms with Crippen LogP contribution in [-0.4, -0.2) is 49.8 Å². The lowest BCUT2D eigenvalue weighted by molar-refractivity contribution is 0.313. The van der Waals surface area contributed by atoms with Crippen molar-refractivity contribution in [2.24, 2.45) is 0 Å². The largest absolute Gasteiger partial charge is 0.494 e. The minimum Gasteiger partial charge on any atom is -0.494 e. The van der Waals surface area contributed by atoms with Gasteiger partial charge in [0.05, 0.1) is 29.7 Å². The van der Waals surface area contributed by atoms with E-state index < -0.39 is 0 Å². The summed E-state index contributed by atoms with van der Waals surface area (Å²) in [6.07, 6.45) is 2.07. The Kier molecular flexibility index (Phi) is 4.01. The molecule has 0 radical (unpaired) electrons. The van der Waals surface area contributed by atoms with Crippen LogP contribution in [0.3, 0.4) is 0 Å². The van der Waals surface area contributed by atoms with E-state index in [1.54, 1.807) is 7.11 Å². The molecule has 25 heavy (non-hydrogen) atoms. The molecule has 0 spiro atoms. The van der Waals surface area contributed by atoms with Crippen LogP contribution in [0.4, 0.5) is 11.4 Å². The second-order valence-corrected chi connectivity index (χ2v) is 6.62. The molecule has 0 aliphatic carbocycles. The summed E-state index contributed by atoms with van der Waals surface area (Å²) in [4.78, 5) is 4.68. The summed E-state index contributed by atoms with van der Waals surface area (Å²) >= 11 is 0. The van der Waals surface area contributed by atoms with Crippen molar-refractivity contribution in [1.82, 2.24) is 9.47 Å². The fourth-order valence-electron chi connectivity index (χ4n) is 3.54. The van der Waals surface area contributed by atoms with Gasteiger partial charge in [0.25, 0.3) is 0 Å². The van der Waals surface area contributed by atoms with Gasteiger partial charge in [0.1, 0.15) is 5.75 Å². The number of para-hydroxylation sites is 1. The first kappa shape index (κ1) is 15.8. The van der Waals surface area contributed by atoms with Crippen LogP contribution in [0, 0.1) is 0 Å². The number of hydrogen-bond donors (Lipinski definition) is 1. The molecule has 4 rings (SSSR count). The van der Waals surface area contributed by atoms with Gasteiger partial charge in [-0.25, -0.2) is 0 Å². The summed E-state index contributed by atoms with van der Waals surface area (Å²) in [5.41, 5.74) is 10.4. The molecule has 0 atom stereocenters. The molecule has 3 aromatic rings. The van der Waals surface area contributed by atoms with Crippen LogP contribution in [0.15, 0.2) is 48.7 Å². The van der Waals surface area contributed by atoms with Crippen LogP contribution in [0.5, 0.6) is 5.75 Å². The van der Waals surface area contributed by atoms with Crippen molar-refractivity contribution in [3.05, 3.63) is 48.7 Å². The third-order valence-electron chi connectivity index (χ3n) is 5.03. The zero-order chi connectivity index (χ0) is 17.4. The Bertz CT molecular complexity index is 894. The van der Waals surface area contributed by atoms with E-state index in [-0.39, 0.29) is 0 Å². The molecule has 2 heterocycles. The molecule has 1 aliphatic heterocycles. The van der Waals surface area contributed by atoms with Crippen molar-refractivity contribution in [2.75, 3.05) is 51.0 Å². The summed E-state index contributed by atoms with van der Waals surface area (Å²) in [6, 6.07) is 14.5. The molecule has 1 aliphatic rings. The molecule has 130 valence electrons. The van der Waals surface area contributed by atoms with Gasteiger partial charge in [-0.15, -0.1) is 0 Å². The van der Waals surface area contributed by atoms with Gasteiger partial charge in [-0.3, -0.25) is 0 Å². The standard InChI is InChI=1S/C20H24N4O/c1-22-9-11-23(12-10-22)18-14-20(25-2)19(13-16(18)21)24-8-7-15-5-3-4-6-17(15)24/h3-8,13-14H,9-12,21H2,1-2H3. The maximum Gasteiger partial charge on any atom is 0.145 e. The summed E-state index contributed by atoms with van der Waals surface area (Å²) in [6.45, 7) is 4.06. The Morgan fingerprint density at radius 3 is 2.48 bits per heavy atom. The maximum absolute atomic E-state index is 6.44. The Morgan fingerprint density at radius 1 is 0.960 bits per heavy atom. The first-order chi connectivity index (χ1) is 12.2. The number of nitrogens with zero attached hydrogens (tertiary/aromatic N) is 3. The van der Waals surface area contributed by atoms with Crippen LogP contribution < -0.4 is 15.4 Å². The smallest absolute Gasteiger partial charge is 0.145 e. The number of ether oxygens (including phenoxy) is 1. The number of aromatic nitrogens is 1. The molecule has 2 N–H and O–H groups in total. The first-order valence-corrected chi connectivity index (χ1v) is 8.65. The minimum absolute atomic E-state index is 0.790. The highest BCUT2D eigenvalue weighted by Crippen LogP contribution is 2.36. The molecule has 0 unspecified atom stereocenters. The summed E-state index contributed by atoms with van der Waals surface area (Å²) in [5, 5.41) is 1.20. The van der Waals surface area contributed by atoms with E-state index in [9.17, 15) is 0 Å². The minimum atomic E-state index is 0.790.